The molecule has 0 unspecified atom stereocenters. The number of para-hydroxylation sites is 1. The number of aliphatic imine (C=N–C) groups is 1. The number of alkyl carbamates (subject to hydrolysis) is 2. The fourth-order valence-electron chi connectivity index (χ4n) is 1.55. The molecule has 25 heavy (non-hydrogen) atoms. The molecule has 0 saturated heterocycles. The first-order valence-corrected chi connectivity index (χ1v) is 8.48. The first-order chi connectivity index (χ1) is 11.4. The lowest BCUT2D eigenvalue weighted by Crippen LogP contribution is -2.47. The highest BCUT2D eigenvalue weighted by Gasteiger charge is 2.21. The van der Waals surface area contributed by atoms with E-state index in [1.807, 2.05) is 6.07 Å². The van der Waals surface area contributed by atoms with Crippen molar-refractivity contribution < 1.29 is 19.1 Å². The van der Waals surface area contributed by atoms with Crippen LogP contribution in [0.3, 0.4) is 0 Å². The number of benzene rings is 1. The maximum absolute atomic E-state index is 12.0. The van der Waals surface area contributed by atoms with Crippen LogP contribution in [-0.2, 0) is 9.47 Å². The molecule has 1 aromatic carbocycles. The SMILES string of the molecule is CC(C)(C)OC(=O)NC(=Nc1ccccc1Br)NC(=O)OC(C)(C)C. The Balaban J connectivity index is 3.00. The molecule has 0 aromatic heterocycles. The Bertz CT molecular complexity index is 629. The van der Waals surface area contributed by atoms with Crippen molar-refractivity contribution in [2.75, 3.05) is 0 Å². The molecule has 0 radical (unpaired) electrons. The standard InChI is InChI=1S/C17H24BrN3O4/c1-16(2,3)24-14(22)20-13(21-15(23)25-17(4,5)6)19-12-10-8-7-9-11(12)18/h7-10H,1-6H3,(H2,19,20,21,22,23). The molecular formula is C17H24BrN3O4. The molecule has 2 amide bonds. The average Bonchev–Trinajstić information content (AvgIpc) is 2.36. The quantitative estimate of drug-likeness (QED) is 0.524. The van der Waals surface area contributed by atoms with Gasteiger partial charge in [0.25, 0.3) is 0 Å². The van der Waals surface area contributed by atoms with Gasteiger partial charge in [0.05, 0.1) is 5.69 Å². The van der Waals surface area contributed by atoms with E-state index in [-0.39, 0.29) is 5.96 Å². The van der Waals surface area contributed by atoms with Gasteiger partial charge >= 0.3 is 12.2 Å². The van der Waals surface area contributed by atoms with E-state index in [9.17, 15) is 9.59 Å². The normalized spacial score (nSPS) is 11.3. The minimum Gasteiger partial charge on any atom is -0.444 e. The highest BCUT2D eigenvalue weighted by Crippen LogP contribution is 2.24. The van der Waals surface area contributed by atoms with Gasteiger partial charge < -0.3 is 9.47 Å². The summed E-state index contributed by atoms with van der Waals surface area (Å²) in [4.78, 5) is 28.2. The first-order valence-electron chi connectivity index (χ1n) is 7.69. The van der Waals surface area contributed by atoms with Crippen LogP contribution < -0.4 is 10.6 Å². The molecule has 0 aliphatic rings. The molecule has 0 spiro atoms. The van der Waals surface area contributed by atoms with Gasteiger partial charge in [-0.2, -0.15) is 0 Å². The second kappa shape index (κ2) is 8.33. The van der Waals surface area contributed by atoms with Crippen molar-refractivity contribution in [1.29, 1.82) is 0 Å². The van der Waals surface area contributed by atoms with Crippen LogP contribution in [0.5, 0.6) is 0 Å². The number of amides is 2. The van der Waals surface area contributed by atoms with E-state index in [1.54, 1.807) is 59.7 Å². The summed E-state index contributed by atoms with van der Waals surface area (Å²) < 4.78 is 11.1. The van der Waals surface area contributed by atoms with E-state index in [2.05, 4.69) is 31.6 Å². The summed E-state index contributed by atoms with van der Waals surface area (Å²) in [6.07, 6.45) is -1.48. The van der Waals surface area contributed by atoms with Gasteiger partial charge in [-0.3, -0.25) is 10.6 Å². The number of ether oxygens (including phenoxy) is 2. The molecule has 0 saturated carbocycles. The molecule has 0 atom stereocenters. The summed E-state index contributed by atoms with van der Waals surface area (Å²) in [7, 11) is 0. The van der Waals surface area contributed by atoms with Crippen LogP contribution in [0.4, 0.5) is 15.3 Å². The molecule has 0 aliphatic heterocycles. The van der Waals surface area contributed by atoms with Gasteiger partial charge in [-0.1, -0.05) is 12.1 Å². The third kappa shape index (κ3) is 9.09. The number of rotatable bonds is 1. The smallest absolute Gasteiger partial charge is 0.414 e. The van der Waals surface area contributed by atoms with E-state index in [4.69, 9.17) is 9.47 Å². The Morgan fingerprint density at radius 2 is 1.36 bits per heavy atom. The van der Waals surface area contributed by atoms with Gasteiger partial charge in [-0.25, -0.2) is 14.6 Å². The molecule has 7 nitrogen and oxygen atoms in total. The molecule has 1 rings (SSSR count). The van der Waals surface area contributed by atoms with E-state index in [1.165, 1.54) is 0 Å². The Labute approximate surface area is 156 Å². The van der Waals surface area contributed by atoms with E-state index in [0.29, 0.717) is 10.2 Å². The lowest BCUT2D eigenvalue weighted by atomic mass is 10.2. The molecule has 0 aliphatic carbocycles. The van der Waals surface area contributed by atoms with E-state index >= 15 is 0 Å². The van der Waals surface area contributed by atoms with Crippen molar-refractivity contribution in [2.45, 2.75) is 52.7 Å². The topological polar surface area (TPSA) is 89.0 Å². The maximum atomic E-state index is 12.0. The molecule has 8 heteroatoms. The monoisotopic (exact) mass is 413 g/mol. The summed E-state index contributed by atoms with van der Waals surface area (Å²) in [5, 5.41) is 4.84. The van der Waals surface area contributed by atoms with Crippen molar-refractivity contribution in [2.24, 2.45) is 4.99 Å². The number of hydrogen-bond acceptors (Lipinski definition) is 5. The number of guanidine groups is 1. The summed E-state index contributed by atoms with van der Waals surface area (Å²) >= 11 is 3.36. The molecule has 0 heterocycles. The number of hydrogen-bond donors (Lipinski definition) is 2. The second-order valence-corrected chi connectivity index (χ2v) is 8.02. The minimum atomic E-state index is -0.741. The fraction of sp³-hybridized carbons (Fsp3) is 0.471. The Morgan fingerprint density at radius 1 is 0.920 bits per heavy atom. The van der Waals surface area contributed by atoms with E-state index < -0.39 is 23.4 Å². The number of nitrogens with zero attached hydrogens (tertiary/aromatic N) is 1. The van der Waals surface area contributed by atoms with E-state index in [0.717, 1.165) is 0 Å². The molecule has 0 bridgehead atoms. The van der Waals surface area contributed by atoms with Gasteiger partial charge in [0, 0.05) is 4.47 Å². The summed E-state index contributed by atoms with van der Waals surface area (Å²) in [6.45, 7) is 10.4. The molecule has 2 N–H and O–H groups in total. The lowest BCUT2D eigenvalue weighted by molar-refractivity contribution is 0.0545. The van der Waals surface area contributed by atoms with Gasteiger partial charge in [0.2, 0.25) is 5.96 Å². The molecular weight excluding hydrogens is 390 g/mol. The van der Waals surface area contributed by atoms with Crippen molar-refractivity contribution in [3.8, 4) is 0 Å². The third-order valence-electron chi connectivity index (χ3n) is 2.32. The second-order valence-electron chi connectivity index (χ2n) is 7.17. The van der Waals surface area contributed by atoms with Gasteiger partial charge in [-0.05, 0) is 69.6 Å². The van der Waals surface area contributed by atoms with Crippen LogP contribution in [-0.4, -0.2) is 29.3 Å². The Hall–Kier alpha value is -2.09. The van der Waals surface area contributed by atoms with Crippen LogP contribution >= 0.6 is 15.9 Å². The number of carbonyl (C=O) groups excluding carboxylic acids is 2. The largest absolute Gasteiger partial charge is 0.444 e. The van der Waals surface area contributed by atoms with Crippen molar-refractivity contribution in [3.63, 3.8) is 0 Å². The van der Waals surface area contributed by atoms with Crippen LogP contribution in [0.25, 0.3) is 0 Å². The zero-order valence-corrected chi connectivity index (χ0v) is 16.9. The molecule has 138 valence electrons. The highest BCUT2D eigenvalue weighted by atomic mass is 79.9. The zero-order valence-electron chi connectivity index (χ0n) is 15.3. The van der Waals surface area contributed by atoms with Gasteiger partial charge in [0.1, 0.15) is 11.2 Å². The average molecular weight is 414 g/mol. The summed E-state index contributed by atoms with van der Waals surface area (Å²) in [6, 6.07) is 7.11. The minimum absolute atomic E-state index is 0.101. The van der Waals surface area contributed by atoms with Crippen molar-refractivity contribution in [1.82, 2.24) is 10.6 Å². The lowest BCUT2D eigenvalue weighted by Gasteiger charge is -2.22. The van der Waals surface area contributed by atoms with Gasteiger partial charge in [0.15, 0.2) is 0 Å². The molecule has 0 fully saturated rings. The Morgan fingerprint density at radius 3 is 1.76 bits per heavy atom. The first kappa shape index (κ1) is 21.0. The van der Waals surface area contributed by atoms with Crippen molar-refractivity contribution >= 4 is 39.8 Å². The summed E-state index contributed by atoms with van der Waals surface area (Å²) in [5.74, 6) is -0.101. The molecule has 1 aromatic rings. The number of nitrogens with one attached hydrogen (secondary N) is 2. The van der Waals surface area contributed by atoms with Crippen LogP contribution in [0.1, 0.15) is 41.5 Å². The number of carbonyl (C=O) groups is 2. The zero-order chi connectivity index (χ0) is 19.3. The van der Waals surface area contributed by atoms with Crippen LogP contribution in [0.2, 0.25) is 0 Å². The number of halogens is 1. The van der Waals surface area contributed by atoms with Gasteiger partial charge in [-0.15, -0.1) is 0 Å². The third-order valence-corrected chi connectivity index (χ3v) is 2.99. The van der Waals surface area contributed by atoms with Crippen molar-refractivity contribution in [3.05, 3.63) is 28.7 Å². The maximum Gasteiger partial charge on any atom is 0.414 e. The Kier molecular flexibility index (Phi) is 6.98. The highest BCUT2D eigenvalue weighted by molar-refractivity contribution is 9.10. The predicted molar refractivity (Wildman–Crippen MR) is 100.0 cm³/mol. The van der Waals surface area contributed by atoms with Crippen LogP contribution in [0.15, 0.2) is 33.7 Å². The predicted octanol–water partition coefficient (Wildman–Crippen LogP) is 4.49. The van der Waals surface area contributed by atoms with Crippen LogP contribution in [0, 0.1) is 0 Å². The summed E-state index contributed by atoms with van der Waals surface area (Å²) in [5.41, 5.74) is -0.854. The fourth-order valence-corrected chi connectivity index (χ4v) is 1.92.